The molecule has 2 atom stereocenters. The average molecular weight is 244 g/mol. The van der Waals surface area contributed by atoms with E-state index in [4.69, 9.17) is 5.73 Å². The molecule has 2 rings (SSSR count). The Kier molecular flexibility index (Phi) is 1.96. The van der Waals surface area contributed by atoms with Gasteiger partial charge >= 0.3 is 0 Å². The summed E-state index contributed by atoms with van der Waals surface area (Å²) in [6, 6.07) is 5.00. The Labute approximate surface area is 85.3 Å². The molecule has 70 valence electrons. The molecule has 3 heteroatoms. The van der Waals surface area contributed by atoms with Crippen molar-refractivity contribution in [3.8, 4) is 0 Å². The van der Waals surface area contributed by atoms with Crippen molar-refractivity contribution in [1.82, 2.24) is 0 Å². The standard InChI is InChI=1S/C10H11BrFN/c1-10(5-9(10)13)7-3-2-6(12)4-8(7)11/h2-4,9H,5,13H2,1H3. The van der Waals surface area contributed by atoms with Crippen LogP contribution in [-0.2, 0) is 5.41 Å². The van der Waals surface area contributed by atoms with Gasteiger partial charge in [-0.2, -0.15) is 0 Å². The van der Waals surface area contributed by atoms with Gasteiger partial charge in [0.15, 0.2) is 0 Å². The third-order valence-corrected chi connectivity index (χ3v) is 3.50. The Morgan fingerprint density at radius 1 is 1.62 bits per heavy atom. The van der Waals surface area contributed by atoms with Crippen LogP contribution in [0.25, 0.3) is 0 Å². The van der Waals surface area contributed by atoms with E-state index in [2.05, 4.69) is 22.9 Å². The second kappa shape index (κ2) is 2.79. The molecule has 1 fully saturated rings. The van der Waals surface area contributed by atoms with Gasteiger partial charge in [-0.3, -0.25) is 0 Å². The van der Waals surface area contributed by atoms with Crippen LogP contribution in [0, 0.1) is 5.82 Å². The van der Waals surface area contributed by atoms with Crippen molar-refractivity contribution >= 4 is 15.9 Å². The van der Waals surface area contributed by atoms with Crippen molar-refractivity contribution in [1.29, 1.82) is 0 Å². The Morgan fingerprint density at radius 2 is 2.23 bits per heavy atom. The van der Waals surface area contributed by atoms with Gasteiger partial charge in [0.25, 0.3) is 0 Å². The summed E-state index contributed by atoms with van der Waals surface area (Å²) in [7, 11) is 0. The Balaban J connectivity index is 2.42. The normalized spacial score (nSPS) is 31.8. The molecule has 1 aromatic rings. The summed E-state index contributed by atoms with van der Waals surface area (Å²) in [4.78, 5) is 0. The Morgan fingerprint density at radius 3 is 2.69 bits per heavy atom. The van der Waals surface area contributed by atoms with Crippen LogP contribution in [0.15, 0.2) is 22.7 Å². The molecule has 1 saturated carbocycles. The molecule has 1 aliphatic carbocycles. The van der Waals surface area contributed by atoms with Gasteiger partial charge in [0.1, 0.15) is 5.82 Å². The van der Waals surface area contributed by atoms with Gasteiger partial charge < -0.3 is 5.73 Å². The zero-order valence-electron chi connectivity index (χ0n) is 7.35. The fraction of sp³-hybridized carbons (Fsp3) is 0.400. The van der Waals surface area contributed by atoms with E-state index in [1.54, 1.807) is 0 Å². The molecule has 2 N–H and O–H groups in total. The van der Waals surface area contributed by atoms with Crippen LogP contribution in [-0.4, -0.2) is 6.04 Å². The van der Waals surface area contributed by atoms with Crippen molar-refractivity contribution in [3.63, 3.8) is 0 Å². The van der Waals surface area contributed by atoms with Crippen LogP contribution in [0.5, 0.6) is 0 Å². The first-order valence-corrected chi connectivity index (χ1v) is 5.04. The molecule has 0 aliphatic heterocycles. The zero-order valence-corrected chi connectivity index (χ0v) is 8.94. The molecule has 0 amide bonds. The highest BCUT2D eigenvalue weighted by Crippen LogP contribution is 2.48. The Bertz CT molecular complexity index is 353. The summed E-state index contributed by atoms with van der Waals surface area (Å²) in [6.45, 7) is 2.11. The van der Waals surface area contributed by atoms with Gasteiger partial charge in [0.05, 0.1) is 0 Å². The topological polar surface area (TPSA) is 26.0 Å². The predicted octanol–water partition coefficient (Wildman–Crippen LogP) is 2.58. The molecular formula is C10H11BrFN. The van der Waals surface area contributed by atoms with Crippen LogP contribution >= 0.6 is 15.9 Å². The molecule has 0 spiro atoms. The quantitative estimate of drug-likeness (QED) is 0.807. The van der Waals surface area contributed by atoms with Gasteiger partial charge in [-0.25, -0.2) is 4.39 Å². The molecule has 0 radical (unpaired) electrons. The second-order valence-corrected chi connectivity index (χ2v) is 4.71. The minimum atomic E-state index is -0.214. The molecule has 0 bridgehead atoms. The number of rotatable bonds is 1. The van der Waals surface area contributed by atoms with E-state index in [-0.39, 0.29) is 17.3 Å². The summed E-state index contributed by atoms with van der Waals surface area (Å²) in [5, 5.41) is 0. The van der Waals surface area contributed by atoms with Gasteiger partial charge in [-0.1, -0.05) is 28.9 Å². The van der Waals surface area contributed by atoms with Crippen LogP contribution < -0.4 is 5.73 Å². The van der Waals surface area contributed by atoms with E-state index >= 15 is 0 Å². The van der Waals surface area contributed by atoms with Crippen molar-refractivity contribution in [3.05, 3.63) is 34.1 Å². The lowest BCUT2D eigenvalue weighted by molar-refractivity contribution is 0.623. The average Bonchev–Trinajstić information content (AvgIpc) is 2.59. The highest BCUT2D eigenvalue weighted by atomic mass is 79.9. The molecule has 1 aliphatic rings. The zero-order chi connectivity index (χ0) is 9.64. The van der Waals surface area contributed by atoms with Gasteiger partial charge in [0, 0.05) is 15.9 Å². The highest BCUT2D eigenvalue weighted by molar-refractivity contribution is 9.10. The molecule has 1 aromatic carbocycles. The first kappa shape index (κ1) is 9.16. The molecule has 0 heterocycles. The summed E-state index contributed by atoms with van der Waals surface area (Å²) in [5.41, 5.74) is 6.99. The van der Waals surface area contributed by atoms with E-state index in [1.807, 2.05) is 6.07 Å². The van der Waals surface area contributed by atoms with Crippen molar-refractivity contribution in [2.75, 3.05) is 0 Å². The smallest absolute Gasteiger partial charge is 0.124 e. The van der Waals surface area contributed by atoms with E-state index < -0.39 is 0 Å². The minimum absolute atomic E-state index is 0.0481. The predicted molar refractivity (Wildman–Crippen MR) is 54.0 cm³/mol. The SMILES string of the molecule is CC1(c2ccc(F)cc2Br)CC1N. The highest BCUT2D eigenvalue weighted by Gasteiger charge is 2.49. The van der Waals surface area contributed by atoms with E-state index in [0.717, 1.165) is 16.5 Å². The number of hydrogen-bond acceptors (Lipinski definition) is 1. The minimum Gasteiger partial charge on any atom is -0.327 e. The van der Waals surface area contributed by atoms with Gasteiger partial charge in [0.2, 0.25) is 0 Å². The maximum atomic E-state index is 12.8. The van der Waals surface area contributed by atoms with E-state index in [0.29, 0.717) is 0 Å². The van der Waals surface area contributed by atoms with Crippen LogP contribution in [0.1, 0.15) is 18.9 Å². The monoisotopic (exact) mass is 243 g/mol. The second-order valence-electron chi connectivity index (χ2n) is 3.85. The fourth-order valence-corrected chi connectivity index (χ4v) is 2.46. The van der Waals surface area contributed by atoms with E-state index in [1.165, 1.54) is 12.1 Å². The first-order chi connectivity index (χ1) is 6.04. The van der Waals surface area contributed by atoms with Crippen LogP contribution in [0.4, 0.5) is 4.39 Å². The molecular weight excluding hydrogens is 233 g/mol. The summed E-state index contributed by atoms with van der Waals surface area (Å²) < 4.78 is 13.6. The molecule has 1 nitrogen and oxygen atoms in total. The number of nitrogens with two attached hydrogens (primary N) is 1. The fourth-order valence-electron chi connectivity index (χ4n) is 1.66. The third kappa shape index (κ3) is 1.40. The summed E-state index contributed by atoms with van der Waals surface area (Å²) in [6.07, 6.45) is 0.983. The summed E-state index contributed by atoms with van der Waals surface area (Å²) >= 11 is 3.35. The molecule has 2 unspecified atom stereocenters. The maximum absolute atomic E-state index is 12.8. The largest absolute Gasteiger partial charge is 0.327 e. The van der Waals surface area contributed by atoms with Gasteiger partial charge in [-0.05, 0) is 24.1 Å². The van der Waals surface area contributed by atoms with Crippen LogP contribution in [0.2, 0.25) is 0 Å². The Hall–Kier alpha value is -0.410. The van der Waals surface area contributed by atoms with Crippen LogP contribution in [0.3, 0.4) is 0 Å². The number of benzene rings is 1. The molecule has 13 heavy (non-hydrogen) atoms. The number of halogens is 2. The lowest BCUT2D eigenvalue weighted by Gasteiger charge is -2.12. The van der Waals surface area contributed by atoms with Crippen molar-refractivity contribution in [2.24, 2.45) is 5.73 Å². The lowest BCUT2D eigenvalue weighted by atomic mass is 9.97. The summed E-state index contributed by atoms with van der Waals surface area (Å²) in [5.74, 6) is -0.214. The van der Waals surface area contributed by atoms with Gasteiger partial charge in [-0.15, -0.1) is 0 Å². The maximum Gasteiger partial charge on any atom is 0.124 e. The van der Waals surface area contributed by atoms with Crippen molar-refractivity contribution in [2.45, 2.75) is 24.8 Å². The lowest BCUT2D eigenvalue weighted by Crippen LogP contribution is -2.15. The molecule has 0 saturated heterocycles. The third-order valence-electron chi connectivity index (χ3n) is 2.85. The molecule has 0 aromatic heterocycles. The first-order valence-electron chi connectivity index (χ1n) is 4.25. The van der Waals surface area contributed by atoms with Crippen molar-refractivity contribution < 1.29 is 4.39 Å². The van der Waals surface area contributed by atoms with E-state index in [9.17, 15) is 4.39 Å². The number of hydrogen-bond donors (Lipinski definition) is 1.